The first kappa shape index (κ1) is 8.76. The van der Waals surface area contributed by atoms with Gasteiger partial charge in [-0.1, -0.05) is 18.2 Å². The van der Waals surface area contributed by atoms with Gasteiger partial charge in [-0.2, -0.15) is 0 Å². The second-order valence-electron chi connectivity index (χ2n) is 3.79. The summed E-state index contributed by atoms with van der Waals surface area (Å²) in [4.78, 5) is 0. The Hall–Kier alpha value is -0.820. The first-order valence-corrected chi connectivity index (χ1v) is 5.06. The molecule has 0 aliphatic carbocycles. The molecule has 1 aliphatic heterocycles. The molecule has 0 saturated carbocycles. The molecular weight excluding hydrogens is 158 g/mol. The Morgan fingerprint density at radius 3 is 2.85 bits per heavy atom. The Morgan fingerprint density at radius 2 is 2.15 bits per heavy atom. The summed E-state index contributed by atoms with van der Waals surface area (Å²) in [7, 11) is 0. The summed E-state index contributed by atoms with van der Waals surface area (Å²) < 4.78 is 0. The van der Waals surface area contributed by atoms with Gasteiger partial charge in [0, 0.05) is 0 Å². The van der Waals surface area contributed by atoms with Crippen LogP contribution in [0.2, 0.25) is 0 Å². The van der Waals surface area contributed by atoms with Crippen LogP contribution in [0.1, 0.15) is 29.9 Å². The van der Waals surface area contributed by atoms with Gasteiger partial charge in [0.05, 0.1) is 0 Å². The zero-order valence-corrected chi connectivity index (χ0v) is 8.14. The minimum Gasteiger partial charge on any atom is -0.317 e. The largest absolute Gasteiger partial charge is 0.317 e. The topological polar surface area (TPSA) is 12.0 Å². The highest BCUT2D eigenvalue weighted by Crippen LogP contribution is 2.26. The van der Waals surface area contributed by atoms with Gasteiger partial charge in [-0.15, -0.1) is 0 Å². The molecule has 1 nitrogen and oxygen atoms in total. The van der Waals surface area contributed by atoms with Gasteiger partial charge in [0.2, 0.25) is 0 Å². The van der Waals surface area contributed by atoms with E-state index < -0.39 is 0 Å². The molecular formula is C12H16N. The highest BCUT2D eigenvalue weighted by molar-refractivity contribution is 5.28. The van der Waals surface area contributed by atoms with Crippen LogP contribution in [0, 0.1) is 13.0 Å². The fourth-order valence-electron chi connectivity index (χ4n) is 2.08. The maximum absolute atomic E-state index is 3.39. The van der Waals surface area contributed by atoms with E-state index >= 15 is 0 Å². The zero-order valence-electron chi connectivity index (χ0n) is 8.14. The van der Waals surface area contributed by atoms with E-state index in [1.165, 1.54) is 24.0 Å². The van der Waals surface area contributed by atoms with Crippen molar-refractivity contribution in [3.05, 3.63) is 35.4 Å². The van der Waals surface area contributed by atoms with Gasteiger partial charge < -0.3 is 5.32 Å². The summed E-state index contributed by atoms with van der Waals surface area (Å²) in [5, 5.41) is 3.39. The van der Waals surface area contributed by atoms with E-state index in [0.717, 1.165) is 19.0 Å². The molecule has 1 heterocycles. The summed E-state index contributed by atoms with van der Waals surface area (Å²) in [6.07, 6.45) is 2.53. The second kappa shape index (κ2) is 3.93. The van der Waals surface area contributed by atoms with Crippen molar-refractivity contribution in [2.45, 2.75) is 25.7 Å². The van der Waals surface area contributed by atoms with E-state index in [2.05, 4.69) is 30.4 Å². The van der Waals surface area contributed by atoms with Crippen molar-refractivity contribution in [3.8, 4) is 0 Å². The monoisotopic (exact) mass is 174 g/mol. The molecule has 2 rings (SSSR count). The van der Waals surface area contributed by atoms with Crippen LogP contribution >= 0.6 is 0 Å². The lowest BCUT2D eigenvalue weighted by molar-refractivity contribution is 0.459. The molecule has 1 heteroatoms. The van der Waals surface area contributed by atoms with E-state index in [1.807, 2.05) is 6.07 Å². The van der Waals surface area contributed by atoms with E-state index in [4.69, 9.17) is 0 Å². The molecule has 0 bridgehead atoms. The van der Waals surface area contributed by atoms with Crippen LogP contribution in [-0.2, 0) is 0 Å². The normalized spacial score (nSPS) is 18.8. The van der Waals surface area contributed by atoms with Crippen molar-refractivity contribution < 1.29 is 0 Å². The highest BCUT2D eigenvalue weighted by atomic mass is 14.9. The van der Waals surface area contributed by atoms with E-state index in [-0.39, 0.29) is 0 Å². The molecule has 1 aromatic rings. The smallest absolute Gasteiger partial charge is 0.00431 e. The number of hydrogen-bond donors (Lipinski definition) is 1. The van der Waals surface area contributed by atoms with Gasteiger partial charge >= 0.3 is 0 Å². The Labute approximate surface area is 80.2 Å². The minimum atomic E-state index is 0.738. The van der Waals surface area contributed by atoms with Gasteiger partial charge in [0.1, 0.15) is 0 Å². The van der Waals surface area contributed by atoms with Crippen molar-refractivity contribution in [1.29, 1.82) is 0 Å². The second-order valence-corrected chi connectivity index (χ2v) is 3.79. The van der Waals surface area contributed by atoms with Crippen LogP contribution in [0.15, 0.2) is 18.2 Å². The summed E-state index contributed by atoms with van der Waals surface area (Å²) in [5.41, 5.74) is 2.83. The van der Waals surface area contributed by atoms with Crippen LogP contribution in [0.25, 0.3) is 0 Å². The number of aryl methyl sites for hydroxylation is 1. The molecule has 0 amide bonds. The van der Waals surface area contributed by atoms with E-state index in [1.54, 1.807) is 0 Å². The van der Waals surface area contributed by atoms with Crippen molar-refractivity contribution in [1.82, 2.24) is 5.32 Å². The number of nitrogens with one attached hydrogen (secondary N) is 1. The van der Waals surface area contributed by atoms with Crippen molar-refractivity contribution in [2.75, 3.05) is 13.1 Å². The minimum absolute atomic E-state index is 0.738. The van der Waals surface area contributed by atoms with Crippen molar-refractivity contribution >= 4 is 0 Å². The highest BCUT2D eigenvalue weighted by Gasteiger charge is 2.16. The zero-order chi connectivity index (χ0) is 9.10. The van der Waals surface area contributed by atoms with Gasteiger partial charge in [-0.3, -0.25) is 0 Å². The quantitative estimate of drug-likeness (QED) is 0.688. The van der Waals surface area contributed by atoms with Crippen LogP contribution in [-0.4, -0.2) is 13.1 Å². The van der Waals surface area contributed by atoms with Gasteiger partial charge in [-0.25, -0.2) is 0 Å². The predicted molar refractivity (Wildman–Crippen MR) is 54.9 cm³/mol. The number of benzene rings is 1. The third-order valence-corrected chi connectivity index (χ3v) is 2.85. The summed E-state index contributed by atoms with van der Waals surface area (Å²) in [6, 6.07) is 9.67. The Bertz CT molecular complexity index is 274. The van der Waals surface area contributed by atoms with Crippen LogP contribution < -0.4 is 5.32 Å². The Kier molecular flexibility index (Phi) is 2.65. The molecule has 69 valence electrons. The number of rotatable bonds is 1. The van der Waals surface area contributed by atoms with Gasteiger partial charge in [0.15, 0.2) is 0 Å². The fraction of sp³-hybridized carbons (Fsp3) is 0.500. The molecule has 0 unspecified atom stereocenters. The third-order valence-electron chi connectivity index (χ3n) is 2.85. The lowest BCUT2D eigenvalue weighted by Gasteiger charge is -2.24. The molecule has 1 saturated heterocycles. The fourth-order valence-corrected chi connectivity index (χ4v) is 2.08. The number of hydrogen-bond acceptors (Lipinski definition) is 1. The summed E-state index contributed by atoms with van der Waals surface area (Å²) >= 11 is 0. The summed E-state index contributed by atoms with van der Waals surface area (Å²) in [6.45, 7) is 4.51. The summed E-state index contributed by atoms with van der Waals surface area (Å²) in [5.74, 6) is 0.738. The molecule has 13 heavy (non-hydrogen) atoms. The Morgan fingerprint density at radius 1 is 1.38 bits per heavy atom. The first-order chi connectivity index (χ1) is 6.38. The lowest BCUT2D eigenvalue weighted by Crippen LogP contribution is -2.26. The van der Waals surface area contributed by atoms with E-state index in [9.17, 15) is 0 Å². The van der Waals surface area contributed by atoms with E-state index in [0.29, 0.717) is 0 Å². The maximum Gasteiger partial charge on any atom is -0.00431 e. The molecule has 0 atom stereocenters. The third kappa shape index (κ3) is 1.92. The maximum atomic E-state index is 3.39. The van der Waals surface area contributed by atoms with Crippen LogP contribution in [0.4, 0.5) is 0 Å². The van der Waals surface area contributed by atoms with Crippen molar-refractivity contribution in [3.63, 3.8) is 0 Å². The van der Waals surface area contributed by atoms with Gasteiger partial charge in [0.25, 0.3) is 0 Å². The average Bonchev–Trinajstić information content (AvgIpc) is 2.20. The SMILES string of the molecule is Cc1ccc[c]c1C1CCNCC1. The predicted octanol–water partition coefficient (Wildman–Crippen LogP) is 2.26. The molecule has 1 fully saturated rings. The lowest BCUT2D eigenvalue weighted by atomic mass is 9.88. The molecule has 1 radical (unpaired) electrons. The standard InChI is InChI=1S/C12H16N/c1-10-4-2-3-5-12(10)11-6-8-13-9-7-11/h2-4,11,13H,6-9H2,1H3. The molecule has 1 aromatic carbocycles. The number of piperidine rings is 1. The van der Waals surface area contributed by atoms with Crippen LogP contribution in [0.3, 0.4) is 0 Å². The molecule has 1 aliphatic rings. The molecule has 0 spiro atoms. The average molecular weight is 174 g/mol. The van der Waals surface area contributed by atoms with Gasteiger partial charge in [-0.05, 0) is 56.0 Å². The molecule has 0 aromatic heterocycles. The van der Waals surface area contributed by atoms with Crippen molar-refractivity contribution in [2.24, 2.45) is 0 Å². The van der Waals surface area contributed by atoms with Crippen LogP contribution in [0.5, 0.6) is 0 Å². The first-order valence-electron chi connectivity index (χ1n) is 5.06. The Balaban J connectivity index is 2.18. The molecule has 1 N–H and O–H groups in total.